The first kappa shape index (κ1) is 21.5. The van der Waals surface area contributed by atoms with Crippen LogP contribution in [-0.4, -0.2) is 50.1 Å². The fourth-order valence-electron chi connectivity index (χ4n) is 4.09. The third-order valence-electron chi connectivity index (χ3n) is 5.70. The smallest absolute Gasteiger partial charge is 0.344 e. The lowest BCUT2D eigenvalue weighted by Gasteiger charge is -2.29. The molecule has 2 atom stereocenters. The molecule has 0 aliphatic carbocycles. The summed E-state index contributed by atoms with van der Waals surface area (Å²) >= 11 is 0. The van der Waals surface area contributed by atoms with Gasteiger partial charge in [-0.3, -0.25) is 14.5 Å². The molecule has 168 valence electrons. The molecule has 1 N–H and O–H groups in total. The number of ether oxygens (including phenoxy) is 4. The monoisotopic (exact) mass is 440 g/mol. The zero-order valence-corrected chi connectivity index (χ0v) is 18.0. The average Bonchev–Trinajstić information content (AvgIpc) is 3.36. The molecule has 1 saturated heterocycles. The van der Waals surface area contributed by atoms with Crippen molar-refractivity contribution in [2.75, 3.05) is 21.3 Å². The summed E-state index contributed by atoms with van der Waals surface area (Å²) in [5, 5.41) is 2.87. The predicted molar refractivity (Wildman–Crippen MR) is 112 cm³/mol. The lowest BCUT2D eigenvalue weighted by atomic mass is 10.1. The van der Waals surface area contributed by atoms with Crippen molar-refractivity contribution in [1.82, 2.24) is 10.2 Å². The summed E-state index contributed by atoms with van der Waals surface area (Å²) < 4.78 is 21.3. The predicted octanol–water partition coefficient (Wildman–Crippen LogP) is 2.19. The first-order valence-corrected chi connectivity index (χ1v) is 10.2. The third-order valence-corrected chi connectivity index (χ3v) is 5.70. The van der Waals surface area contributed by atoms with Crippen LogP contribution in [0.1, 0.15) is 40.6 Å². The van der Waals surface area contributed by atoms with Crippen LogP contribution >= 0.6 is 0 Å². The normalized spacial score (nSPS) is 19.4. The Morgan fingerprint density at radius 1 is 1.06 bits per heavy atom. The first-order chi connectivity index (χ1) is 15.5. The van der Waals surface area contributed by atoms with Crippen LogP contribution in [0.3, 0.4) is 0 Å². The standard InChI is InChI=1S/C23H24N2O7/c1-29-14-6-4-13(5-7-14)12-24-21(27)16-9-11-18(26)25(16)22-15-8-10-17(30-2)20(31-3)19(15)23(28)32-22/h4-8,10,16,22H,9,11-12H2,1-3H3,(H,24,27)/t16-,22+/m1/s1. The summed E-state index contributed by atoms with van der Waals surface area (Å²) in [5.74, 6) is 0.154. The van der Waals surface area contributed by atoms with E-state index < -0.39 is 18.2 Å². The molecule has 2 amide bonds. The summed E-state index contributed by atoms with van der Waals surface area (Å²) in [6.07, 6.45) is -0.467. The molecule has 0 unspecified atom stereocenters. The average molecular weight is 440 g/mol. The molecule has 2 aromatic carbocycles. The number of rotatable bonds is 7. The van der Waals surface area contributed by atoms with Crippen molar-refractivity contribution in [2.24, 2.45) is 0 Å². The summed E-state index contributed by atoms with van der Waals surface area (Å²) in [6, 6.07) is 9.87. The van der Waals surface area contributed by atoms with Gasteiger partial charge in [0.1, 0.15) is 17.4 Å². The van der Waals surface area contributed by atoms with E-state index in [9.17, 15) is 14.4 Å². The van der Waals surface area contributed by atoms with E-state index in [4.69, 9.17) is 18.9 Å². The molecule has 1 fully saturated rings. The Kier molecular flexibility index (Phi) is 5.89. The highest BCUT2D eigenvalue weighted by Crippen LogP contribution is 2.45. The Morgan fingerprint density at radius 2 is 1.81 bits per heavy atom. The lowest BCUT2D eigenvalue weighted by molar-refractivity contribution is -0.145. The number of hydrogen-bond acceptors (Lipinski definition) is 7. The highest BCUT2D eigenvalue weighted by molar-refractivity contribution is 5.99. The van der Waals surface area contributed by atoms with Crippen molar-refractivity contribution in [3.05, 3.63) is 53.1 Å². The zero-order chi connectivity index (χ0) is 22.8. The number of fused-ring (bicyclic) bond motifs is 1. The van der Waals surface area contributed by atoms with Crippen LogP contribution in [0.5, 0.6) is 17.2 Å². The summed E-state index contributed by atoms with van der Waals surface area (Å²) in [6.45, 7) is 0.299. The maximum atomic E-state index is 13.0. The number of benzene rings is 2. The molecule has 2 aromatic rings. The van der Waals surface area contributed by atoms with Gasteiger partial charge in [0.05, 0.1) is 21.3 Å². The van der Waals surface area contributed by atoms with E-state index in [1.165, 1.54) is 19.1 Å². The number of methoxy groups -OCH3 is 3. The highest BCUT2D eigenvalue weighted by atomic mass is 16.6. The molecule has 0 radical (unpaired) electrons. The molecule has 9 nitrogen and oxygen atoms in total. The summed E-state index contributed by atoms with van der Waals surface area (Å²) in [7, 11) is 4.48. The quantitative estimate of drug-likeness (QED) is 0.658. The molecule has 32 heavy (non-hydrogen) atoms. The fraction of sp³-hybridized carbons (Fsp3) is 0.348. The van der Waals surface area contributed by atoms with Gasteiger partial charge in [-0.15, -0.1) is 0 Å². The molecule has 9 heteroatoms. The fourth-order valence-corrected chi connectivity index (χ4v) is 4.09. The Morgan fingerprint density at radius 3 is 2.47 bits per heavy atom. The van der Waals surface area contributed by atoms with Crippen molar-refractivity contribution in [2.45, 2.75) is 31.7 Å². The van der Waals surface area contributed by atoms with E-state index in [-0.39, 0.29) is 29.5 Å². The number of cyclic esters (lactones) is 1. The molecule has 4 rings (SSSR count). The number of hydrogen-bond donors (Lipinski definition) is 1. The number of nitrogens with one attached hydrogen (secondary N) is 1. The minimum absolute atomic E-state index is 0.192. The Balaban J connectivity index is 1.55. The van der Waals surface area contributed by atoms with E-state index in [0.29, 0.717) is 24.3 Å². The first-order valence-electron chi connectivity index (χ1n) is 10.2. The van der Waals surface area contributed by atoms with Crippen LogP contribution in [0, 0.1) is 0 Å². The molecule has 2 aliphatic rings. The van der Waals surface area contributed by atoms with Crippen LogP contribution in [0.25, 0.3) is 0 Å². The minimum atomic E-state index is -0.996. The van der Waals surface area contributed by atoms with Gasteiger partial charge in [0, 0.05) is 18.5 Å². The minimum Gasteiger partial charge on any atom is -0.497 e. The Labute approximate surface area is 185 Å². The van der Waals surface area contributed by atoms with E-state index in [1.54, 1.807) is 19.2 Å². The largest absolute Gasteiger partial charge is 0.497 e. The van der Waals surface area contributed by atoms with Gasteiger partial charge in [-0.2, -0.15) is 0 Å². The molecule has 0 bridgehead atoms. The van der Waals surface area contributed by atoms with Crippen LogP contribution in [0.4, 0.5) is 0 Å². The lowest BCUT2D eigenvalue weighted by Crippen LogP contribution is -2.46. The van der Waals surface area contributed by atoms with Gasteiger partial charge in [-0.25, -0.2) is 4.79 Å². The molecule has 2 aliphatic heterocycles. The van der Waals surface area contributed by atoms with Crippen molar-refractivity contribution >= 4 is 17.8 Å². The summed E-state index contributed by atoms with van der Waals surface area (Å²) in [4.78, 5) is 39.6. The van der Waals surface area contributed by atoms with Crippen LogP contribution in [0.15, 0.2) is 36.4 Å². The molecule has 0 spiro atoms. The van der Waals surface area contributed by atoms with Crippen molar-refractivity contribution in [3.63, 3.8) is 0 Å². The molecular weight excluding hydrogens is 416 g/mol. The number of amides is 2. The second-order valence-corrected chi connectivity index (χ2v) is 7.44. The number of esters is 1. The maximum absolute atomic E-state index is 13.0. The number of carbonyl (C=O) groups excluding carboxylic acids is 3. The van der Waals surface area contributed by atoms with Gasteiger partial charge in [-0.1, -0.05) is 12.1 Å². The second kappa shape index (κ2) is 8.78. The van der Waals surface area contributed by atoms with Crippen LogP contribution in [0.2, 0.25) is 0 Å². The van der Waals surface area contributed by atoms with Gasteiger partial charge in [0.25, 0.3) is 0 Å². The zero-order valence-electron chi connectivity index (χ0n) is 18.0. The van der Waals surface area contributed by atoms with Crippen LogP contribution < -0.4 is 19.5 Å². The molecule has 2 heterocycles. The third kappa shape index (κ3) is 3.70. The van der Waals surface area contributed by atoms with E-state index in [0.717, 1.165) is 11.3 Å². The summed E-state index contributed by atoms with van der Waals surface area (Å²) in [5.41, 5.74) is 1.56. The maximum Gasteiger partial charge on any atom is 0.344 e. The molecular formula is C23H24N2O7. The molecule has 0 saturated carbocycles. The Hall–Kier alpha value is -3.75. The van der Waals surface area contributed by atoms with Crippen molar-refractivity contribution in [1.29, 1.82) is 0 Å². The number of nitrogens with zero attached hydrogens (tertiary/aromatic N) is 1. The van der Waals surface area contributed by atoms with E-state index in [2.05, 4.69) is 5.32 Å². The second-order valence-electron chi connectivity index (χ2n) is 7.44. The van der Waals surface area contributed by atoms with Gasteiger partial charge in [0.2, 0.25) is 18.0 Å². The van der Waals surface area contributed by atoms with Gasteiger partial charge >= 0.3 is 5.97 Å². The van der Waals surface area contributed by atoms with E-state index in [1.807, 2.05) is 24.3 Å². The highest BCUT2D eigenvalue weighted by Gasteiger charge is 2.47. The number of likely N-dealkylation sites (tertiary alicyclic amines) is 1. The Bertz CT molecular complexity index is 1050. The van der Waals surface area contributed by atoms with Crippen molar-refractivity contribution in [3.8, 4) is 17.2 Å². The molecule has 0 aromatic heterocycles. The van der Waals surface area contributed by atoms with E-state index >= 15 is 0 Å². The SMILES string of the molecule is COc1ccc(CNC(=O)[C@H]2CCC(=O)N2[C@H]2OC(=O)c3c2ccc(OC)c3OC)cc1. The topological polar surface area (TPSA) is 103 Å². The van der Waals surface area contributed by atoms with Crippen molar-refractivity contribution < 1.29 is 33.3 Å². The van der Waals surface area contributed by atoms with Crippen LogP contribution in [-0.2, 0) is 20.9 Å². The van der Waals surface area contributed by atoms with Gasteiger partial charge in [0.15, 0.2) is 11.5 Å². The van der Waals surface area contributed by atoms with Gasteiger partial charge in [-0.05, 0) is 36.2 Å². The van der Waals surface area contributed by atoms with Gasteiger partial charge < -0.3 is 24.3 Å². The number of carbonyl (C=O) groups is 3.